The summed E-state index contributed by atoms with van der Waals surface area (Å²) in [7, 11) is 0. The van der Waals surface area contributed by atoms with E-state index in [4.69, 9.17) is 0 Å². The van der Waals surface area contributed by atoms with E-state index in [9.17, 15) is 9.90 Å². The number of aliphatic hydroxyl groups excluding tert-OH is 1. The number of carbonyl (C=O) groups is 1. The van der Waals surface area contributed by atoms with Gasteiger partial charge in [-0.1, -0.05) is 44.7 Å². The topological polar surface area (TPSA) is 40.5 Å². The Balaban J connectivity index is 0.00000300. The molecule has 1 saturated heterocycles. The minimum Gasteiger partial charge on any atom is -0.388 e. The van der Waals surface area contributed by atoms with E-state index in [0.717, 1.165) is 62.6 Å². The van der Waals surface area contributed by atoms with Crippen LogP contribution in [0.1, 0.15) is 75.5 Å². The Bertz CT molecular complexity index is 732. The van der Waals surface area contributed by atoms with Gasteiger partial charge < -0.3 is 10.0 Å². The van der Waals surface area contributed by atoms with Crippen molar-refractivity contribution < 1.29 is 42.6 Å². The molecular formula is C25H32NO2Y-. The van der Waals surface area contributed by atoms with Crippen LogP contribution in [0, 0.1) is 6.07 Å². The van der Waals surface area contributed by atoms with Crippen molar-refractivity contribution in [2.75, 3.05) is 4.90 Å². The Labute approximate surface area is 200 Å². The fourth-order valence-corrected chi connectivity index (χ4v) is 4.12. The number of piperidine rings is 1. The van der Waals surface area contributed by atoms with Crippen LogP contribution < -0.4 is 4.90 Å². The molecular weight excluding hydrogens is 435 g/mol. The van der Waals surface area contributed by atoms with Gasteiger partial charge in [0.2, 0.25) is 5.91 Å². The van der Waals surface area contributed by atoms with Gasteiger partial charge in [0.25, 0.3) is 0 Å². The van der Waals surface area contributed by atoms with Gasteiger partial charge in [0.05, 0.1) is 6.10 Å². The number of hydrogen-bond acceptors (Lipinski definition) is 2. The first-order chi connectivity index (χ1) is 13.7. The van der Waals surface area contributed by atoms with Crippen molar-refractivity contribution in [3.8, 4) is 0 Å². The fourth-order valence-electron chi connectivity index (χ4n) is 4.12. The van der Waals surface area contributed by atoms with E-state index in [0.29, 0.717) is 6.42 Å². The third kappa shape index (κ3) is 7.01. The molecule has 0 saturated carbocycles. The minimum atomic E-state index is -0.412. The minimum absolute atomic E-state index is 0. The summed E-state index contributed by atoms with van der Waals surface area (Å²) in [6, 6.07) is 19.5. The molecule has 0 aliphatic carbocycles. The largest absolute Gasteiger partial charge is 0.388 e. The molecule has 4 heteroatoms. The van der Waals surface area contributed by atoms with Crippen molar-refractivity contribution in [1.82, 2.24) is 0 Å². The van der Waals surface area contributed by atoms with E-state index in [1.807, 2.05) is 47.4 Å². The number of aliphatic hydroxyl groups is 1. The Hall–Kier alpha value is -1.03. The summed E-state index contributed by atoms with van der Waals surface area (Å²) in [6.45, 7) is 2.13. The van der Waals surface area contributed by atoms with Crippen LogP contribution in [0.4, 0.5) is 5.69 Å². The number of aryl methyl sites for hydroxylation is 1. The van der Waals surface area contributed by atoms with E-state index in [-0.39, 0.29) is 44.7 Å². The molecule has 0 spiro atoms. The summed E-state index contributed by atoms with van der Waals surface area (Å²) in [6.07, 6.45) is 8.27. The van der Waals surface area contributed by atoms with Gasteiger partial charge in [-0.2, -0.15) is 35.9 Å². The zero-order chi connectivity index (χ0) is 19.8. The summed E-state index contributed by atoms with van der Waals surface area (Å²) < 4.78 is 0. The molecule has 1 aliphatic heterocycles. The maximum absolute atomic E-state index is 12.7. The summed E-state index contributed by atoms with van der Waals surface area (Å²) in [5.74, 6) is 0.226. The summed E-state index contributed by atoms with van der Waals surface area (Å²) in [5.41, 5.74) is 3.22. The zero-order valence-corrected chi connectivity index (χ0v) is 20.4. The first kappa shape index (κ1) is 24.2. The predicted molar refractivity (Wildman–Crippen MR) is 114 cm³/mol. The molecule has 1 heterocycles. The molecule has 2 atom stereocenters. The number of unbranched alkanes of at least 4 members (excludes halogenated alkanes) is 1. The Morgan fingerprint density at radius 1 is 1.21 bits per heavy atom. The van der Waals surface area contributed by atoms with Crippen LogP contribution in [0.5, 0.6) is 0 Å². The number of nitrogens with zero attached hydrogens (tertiary/aromatic N) is 1. The quantitative estimate of drug-likeness (QED) is 0.487. The summed E-state index contributed by atoms with van der Waals surface area (Å²) in [4.78, 5) is 14.7. The van der Waals surface area contributed by atoms with Crippen LogP contribution in [0.2, 0.25) is 0 Å². The Kier molecular flexibility index (Phi) is 10.6. The fraction of sp³-hybridized carbons (Fsp3) is 0.480. The van der Waals surface area contributed by atoms with Crippen LogP contribution in [-0.4, -0.2) is 17.1 Å². The van der Waals surface area contributed by atoms with Crippen LogP contribution >= 0.6 is 0 Å². The summed E-state index contributed by atoms with van der Waals surface area (Å²) >= 11 is 0. The second kappa shape index (κ2) is 12.6. The standard InChI is InChI=1S/C25H32NO2.Y/c1-2-3-14-24(27)21-16-18-23(19-17-21)26-22(13-8-15-25(26)28)12-7-11-20-9-5-4-6-10-20;/h4-5,9-10,16-19,22,24,27H,2-3,7-8,11-15H2,1H3;/q-1;. The van der Waals surface area contributed by atoms with E-state index >= 15 is 0 Å². The molecule has 1 aliphatic rings. The predicted octanol–water partition coefficient (Wildman–Crippen LogP) is 5.62. The first-order valence-corrected chi connectivity index (χ1v) is 10.7. The van der Waals surface area contributed by atoms with Crippen molar-refractivity contribution in [2.45, 2.75) is 76.9 Å². The smallest absolute Gasteiger partial charge is 0.227 e. The number of rotatable bonds is 9. The number of benzene rings is 2. The van der Waals surface area contributed by atoms with E-state index in [1.54, 1.807) is 0 Å². The molecule has 0 aromatic heterocycles. The molecule has 1 radical (unpaired) electrons. The molecule has 2 aromatic carbocycles. The van der Waals surface area contributed by atoms with Crippen LogP contribution in [0.25, 0.3) is 0 Å². The van der Waals surface area contributed by atoms with E-state index < -0.39 is 6.10 Å². The third-order valence-electron chi connectivity index (χ3n) is 5.72. The number of hydrogen-bond donors (Lipinski definition) is 1. The summed E-state index contributed by atoms with van der Waals surface area (Å²) in [5, 5.41) is 10.3. The number of carbonyl (C=O) groups excluding carboxylic acids is 1. The van der Waals surface area contributed by atoms with Gasteiger partial charge in [-0.25, -0.2) is 0 Å². The molecule has 1 amide bonds. The average molecular weight is 467 g/mol. The van der Waals surface area contributed by atoms with Crippen molar-refractivity contribution in [1.29, 1.82) is 0 Å². The van der Waals surface area contributed by atoms with Crippen molar-refractivity contribution >= 4 is 11.6 Å². The first-order valence-electron chi connectivity index (χ1n) is 10.7. The van der Waals surface area contributed by atoms with Crippen molar-refractivity contribution in [3.05, 3.63) is 65.7 Å². The van der Waals surface area contributed by atoms with Crippen molar-refractivity contribution in [2.24, 2.45) is 0 Å². The SMILES string of the molecule is CCCCC(O)c1ccc(N2C(=O)CCCC2CCCc2c[c-]ccc2)cc1.[Y]. The molecule has 3 rings (SSSR count). The Morgan fingerprint density at radius 3 is 2.69 bits per heavy atom. The molecule has 0 bridgehead atoms. The third-order valence-corrected chi connectivity index (χ3v) is 5.72. The van der Waals surface area contributed by atoms with Crippen LogP contribution in [0.15, 0.2) is 48.5 Å². The zero-order valence-electron chi connectivity index (χ0n) is 17.5. The van der Waals surface area contributed by atoms with Gasteiger partial charge in [0.1, 0.15) is 0 Å². The van der Waals surface area contributed by atoms with Gasteiger partial charge >= 0.3 is 0 Å². The Morgan fingerprint density at radius 2 is 2.00 bits per heavy atom. The second-order valence-corrected chi connectivity index (χ2v) is 7.86. The second-order valence-electron chi connectivity index (χ2n) is 7.86. The molecule has 29 heavy (non-hydrogen) atoms. The van der Waals surface area contributed by atoms with Gasteiger partial charge in [-0.15, -0.1) is 0 Å². The molecule has 1 N–H and O–H groups in total. The van der Waals surface area contributed by atoms with Gasteiger partial charge in [-0.3, -0.25) is 4.79 Å². The molecule has 3 nitrogen and oxygen atoms in total. The monoisotopic (exact) mass is 467 g/mol. The number of anilines is 1. The molecule has 1 fully saturated rings. The molecule has 2 unspecified atom stereocenters. The maximum atomic E-state index is 12.7. The normalized spacial score (nSPS) is 17.7. The number of amides is 1. The molecule has 2 aromatic rings. The maximum Gasteiger partial charge on any atom is 0.227 e. The van der Waals surface area contributed by atoms with Gasteiger partial charge in [0, 0.05) is 50.9 Å². The van der Waals surface area contributed by atoms with Gasteiger partial charge in [0.15, 0.2) is 0 Å². The van der Waals surface area contributed by atoms with Crippen LogP contribution in [-0.2, 0) is 43.9 Å². The van der Waals surface area contributed by atoms with E-state index in [2.05, 4.69) is 19.1 Å². The molecule has 153 valence electrons. The average Bonchev–Trinajstić information content (AvgIpc) is 2.73. The van der Waals surface area contributed by atoms with E-state index in [1.165, 1.54) is 5.56 Å². The van der Waals surface area contributed by atoms with Crippen molar-refractivity contribution in [3.63, 3.8) is 0 Å². The van der Waals surface area contributed by atoms with Crippen LogP contribution in [0.3, 0.4) is 0 Å². The van der Waals surface area contributed by atoms with Gasteiger partial charge in [-0.05, 0) is 43.4 Å².